The third kappa shape index (κ3) is 7.76. The molecule has 5 rings (SSSR count). The lowest BCUT2D eigenvalue weighted by molar-refractivity contribution is -0.130. The summed E-state index contributed by atoms with van der Waals surface area (Å²) in [7, 11) is 1.65. The zero-order valence-electron chi connectivity index (χ0n) is 24.8. The molecule has 0 bridgehead atoms. The minimum absolute atomic E-state index is 0.0656. The van der Waals surface area contributed by atoms with Gasteiger partial charge in [-0.15, -0.1) is 0 Å². The summed E-state index contributed by atoms with van der Waals surface area (Å²) in [5.41, 5.74) is 8.18. The van der Waals surface area contributed by atoms with Crippen LogP contribution in [0.15, 0.2) is 111 Å². The van der Waals surface area contributed by atoms with Gasteiger partial charge in [0.2, 0.25) is 5.90 Å². The molecule has 45 heavy (non-hydrogen) atoms. The molecule has 1 amide bonds. The number of amides is 1. The van der Waals surface area contributed by atoms with Gasteiger partial charge in [-0.1, -0.05) is 86.5 Å². The molecule has 3 N–H and O–H groups in total. The van der Waals surface area contributed by atoms with Crippen LogP contribution in [0.3, 0.4) is 0 Å². The number of benzene rings is 4. The number of halogens is 2. The van der Waals surface area contributed by atoms with Gasteiger partial charge in [-0.05, 0) is 60.0 Å². The number of aliphatic hydroxyl groups is 1. The fraction of sp³-hybridized carbons (Fsp3) is 0.257. The van der Waals surface area contributed by atoms with E-state index in [1.54, 1.807) is 7.11 Å². The van der Waals surface area contributed by atoms with Crippen LogP contribution in [0.5, 0.6) is 11.5 Å². The van der Waals surface area contributed by atoms with E-state index in [4.69, 9.17) is 24.3 Å². The average Bonchev–Trinajstić information content (AvgIpc) is 3.45. The molecule has 1 aliphatic heterocycles. The summed E-state index contributed by atoms with van der Waals surface area (Å²) in [5, 5.41) is 9.07. The molecular weight excluding hydrogens is 702 g/mol. The first-order chi connectivity index (χ1) is 21.9. The van der Waals surface area contributed by atoms with Gasteiger partial charge in [0.25, 0.3) is 5.91 Å². The van der Waals surface area contributed by atoms with Gasteiger partial charge in [0.05, 0.1) is 13.7 Å². The van der Waals surface area contributed by atoms with Crippen molar-refractivity contribution >= 4 is 43.7 Å². The highest BCUT2D eigenvalue weighted by molar-refractivity contribution is 9.10. The van der Waals surface area contributed by atoms with Gasteiger partial charge in [-0.3, -0.25) is 10.2 Å². The van der Waals surface area contributed by atoms with Crippen molar-refractivity contribution in [1.29, 1.82) is 0 Å². The van der Waals surface area contributed by atoms with Crippen molar-refractivity contribution < 1.29 is 24.1 Å². The Morgan fingerprint density at radius 2 is 1.62 bits per heavy atom. The number of nitrogens with one attached hydrogen (secondary N) is 2. The topological polar surface area (TPSA) is 101 Å². The molecule has 2 atom stereocenters. The fourth-order valence-corrected chi connectivity index (χ4v) is 6.15. The molecule has 10 heteroatoms. The van der Waals surface area contributed by atoms with Crippen LogP contribution in [0.4, 0.5) is 0 Å². The number of methoxy groups -OCH3 is 1. The smallest absolute Gasteiger partial charge is 0.266 e. The number of aliphatic hydroxyl groups excluding tert-OH is 1. The van der Waals surface area contributed by atoms with Crippen molar-refractivity contribution in [3.05, 3.63) is 128 Å². The molecule has 234 valence electrons. The van der Waals surface area contributed by atoms with Gasteiger partial charge in [0, 0.05) is 46.1 Å². The van der Waals surface area contributed by atoms with Crippen LogP contribution >= 0.6 is 31.9 Å². The standard InChI is InChI=1S/C35H35Br2N3O5/c1-43-31-14-7-3-9-24(31)19-20-38-40-34(42)35(23-26-10-2-5-12-29(26)36)32(28-11-4-6-13-30(28)37)45-33(39-35)25-15-17-27(18-16-25)44-22-8-21-41/h2-7,9-18,32,38,41H,8,19-23H2,1H3,(H,40,42)/t32-,35-/m0/s1. The third-order valence-electron chi connectivity index (χ3n) is 7.55. The Morgan fingerprint density at radius 3 is 2.33 bits per heavy atom. The van der Waals surface area contributed by atoms with E-state index >= 15 is 0 Å². The van der Waals surface area contributed by atoms with E-state index in [1.165, 1.54) is 0 Å². The maximum absolute atomic E-state index is 14.4. The van der Waals surface area contributed by atoms with Gasteiger partial charge in [0.15, 0.2) is 11.6 Å². The molecule has 0 spiro atoms. The number of hydrogen-bond donors (Lipinski definition) is 3. The van der Waals surface area contributed by atoms with Crippen LogP contribution in [0, 0.1) is 0 Å². The molecule has 8 nitrogen and oxygen atoms in total. The molecule has 0 radical (unpaired) electrons. The van der Waals surface area contributed by atoms with Crippen molar-refractivity contribution in [3.8, 4) is 11.5 Å². The second-order valence-electron chi connectivity index (χ2n) is 10.5. The maximum atomic E-state index is 14.4. The quantitative estimate of drug-likeness (QED) is 0.103. The summed E-state index contributed by atoms with van der Waals surface area (Å²) in [6, 6.07) is 30.8. The van der Waals surface area contributed by atoms with Crippen LogP contribution < -0.4 is 20.3 Å². The number of aliphatic imine (C=N–C) groups is 1. The highest BCUT2D eigenvalue weighted by Crippen LogP contribution is 2.45. The molecule has 0 aliphatic carbocycles. The average molecular weight is 737 g/mol. The largest absolute Gasteiger partial charge is 0.496 e. The molecule has 0 fully saturated rings. The number of hydrazine groups is 1. The Kier molecular flexibility index (Phi) is 11.3. The van der Waals surface area contributed by atoms with Crippen LogP contribution in [0.25, 0.3) is 0 Å². The monoisotopic (exact) mass is 735 g/mol. The van der Waals surface area contributed by atoms with Crippen molar-refractivity contribution in [1.82, 2.24) is 10.9 Å². The molecule has 0 saturated heterocycles. The Hall–Kier alpha value is -3.70. The van der Waals surface area contributed by atoms with Crippen LogP contribution in [-0.4, -0.2) is 49.3 Å². The van der Waals surface area contributed by atoms with Gasteiger partial charge in [0.1, 0.15) is 11.5 Å². The zero-order chi connectivity index (χ0) is 31.6. The minimum atomic E-state index is -1.36. The second kappa shape index (κ2) is 15.5. The van der Waals surface area contributed by atoms with Gasteiger partial charge in [-0.25, -0.2) is 10.4 Å². The zero-order valence-corrected chi connectivity index (χ0v) is 28.0. The van der Waals surface area contributed by atoms with Crippen molar-refractivity contribution in [3.63, 3.8) is 0 Å². The van der Waals surface area contributed by atoms with Crippen molar-refractivity contribution in [2.24, 2.45) is 4.99 Å². The summed E-state index contributed by atoms with van der Waals surface area (Å²) < 4.78 is 19.5. The van der Waals surface area contributed by atoms with Gasteiger partial charge < -0.3 is 19.3 Å². The normalized spacial score (nSPS) is 17.3. The second-order valence-corrected chi connectivity index (χ2v) is 12.2. The van der Waals surface area contributed by atoms with Crippen LogP contribution in [0.1, 0.15) is 34.8 Å². The first kappa shape index (κ1) is 32.7. The van der Waals surface area contributed by atoms with Crippen molar-refractivity contribution in [2.75, 3.05) is 26.9 Å². The summed E-state index contributed by atoms with van der Waals surface area (Å²) in [4.78, 5) is 19.5. The number of ether oxygens (including phenoxy) is 3. The summed E-state index contributed by atoms with van der Waals surface area (Å²) in [6.07, 6.45) is 0.719. The van der Waals surface area contributed by atoms with Crippen molar-refractivity contribution in [2.45, 2.75) is 30.9 Å². The Balaban J connectivity index is 1.49. The van der Waals surface area contributed by atoms with E-state index < -0.39 is 11.6 Å². The Bertz CT molecular complexity index is 1630. The van der Waals surface area contributed by atoms with Gasteiger partial charge >= 0.3 is 0 Å². The highest BCUT2D eigenvalue weighted by atomic mass is 79.9. The lowest BCUT2D eigenvalue weighted by Crippen LogP contribution is -2.54. The molecule has 0 aromatic heterocycles. The summed E-state index contributed by atoms with van der Waals surface area (Å²) in [5.74, 6) is 1.50. The molecule has 0 unspecified atom stereocenters. The molecular formula is C35H35Br2N3O5. The number of hydrogen-bond acceptors (Lipinski definition) is 7. The summed E-state index contributed by atoms with van der Waals surface area (Å²) >= 11 is 7.37. The van der Waals surface area contributed by atoms with Crippen LogP contribution in [0.2, 0.25) is 0 Å². The number of rotatable bonds is 14. The fourth-order valence-electron chi connectivity index (χ4n) is 5.24. The number of para-hydroxylation sites is 1. The number of carbonyl (C=O) groups excluding carboxylic acids is 1. The van der Waals surface area contributed by atoms with Gasteiger partial charge in [-0.2, -0.15) is 0 Å². The highest BCUT2D eigenvalue weighted by Gasteiger charge is 2.54. The van der Waals surface area contributed by atoms with E-state index in [2.05, 4.69) is 42.7 Å². The van der Waals surface area contributed by atoms with E-state index in [1.807, 2.05) is 97.1 Å². The van der Waals surface area contributed by atoms with E-state index in [9.17, 15) is 4.79 Å². The Labute approximate surface area is 280 Å². The van der Waals surface area contributed by atoms with E-state index in [-0.39, 0.29) is 18.9 Å². The molecule has 1 heterocycles. The Morgan fingerprint density at radius 1 is 0.933 bits per heavy atom. The third-order valence-corrected chi connectivity index (χ3v) is 9.04. The number of nitrogens with zero attached hydrogens (tertiary/aromatic N) is 1. The predicted molar refractivity (Wildman–Crippen MR) is 182 cm³/mol. The lowest BCUT2D eigenvalue weighted by atomic mass is 9.82. The van der Waals surface area contributed by atoms with E-state index in [0.29, 0.717) is 43.2 Å². The first-order valence-corrected chi connectivity index (χ1v) is 16.3. The molecule has 1 aliphatic rings. The minimum Gasteiger partial charge on any atom is -0.496 e. The lowest BCUT2D eigenvalue weighted by Gasteiger charge is -2.31. The SMILES string of the molecule is COc1ccccc1CCNNC(=O)[C@@]1(Cc2ccccc2Br)N=C(c2ccc(OCCCO)cc2)O[C@H]1c1ccccc1Br. The number of carbonyl (C=O) groups is 1. The van der Waals surface area contributed by atoms with E-state index in [0.717, 1.165) is 31.4 Å². The molecule has 4 aromatic rings. The first-order valence-electron chi connectivity index (χ1n) is 14.7. The molecule has 0 saturated carbocycles. The molecule has 4 aromatic carbocycles. The maximum Gasteiger partial charge on any atom is 0.266 e. The van der Waals surface area contributed by atoms with Crippen LogP contribution in [-0.2, 0) is 22.4 Å². The predicted octanol–water partition coefficient (Wildman–Crippen LogP) is 6.34. The summed E-state index contributed by atoms with van der Waals surface area (Å²) in [6.45, 7) is 0.957.